The molecule has 0 unspecified atom stereocenters. The standard InChI is InChI=1S/C15H22N2O3/c1-11(2)17(4)14(18)10-16(3)9-12-5-7-13(8-6-12)15(19)20/h5-8,11H,9-10H2,1-4H3,(H,19,20). The Bertz CT molecular complexity index is 469. The molecule has 0 fully saturated rings. The molecule has 0 aliphatic carbocycles. The van der Waals surface area contributed by atoms with Crippen molar-refractivity contribution in [1.82, 2.24) is 9.80 Å². The van der Waals surface area contributed by atoms with E-state index in [1.807, 2.05) is 25.8 Å². The number of carboxylic acid groups (broad SMARTS) is 1. The lowest BCUT2D eigenvalue weighted by molar-refractivity contribution is -0.132. The monoisotopic (exact) mass is 278 g/mol. The van der Waals surface area contributed by atoms with Gasteiger partial charge in [-0.1, -0.05) is 12.1 Å². The van der Waals surface area contributed by atoms with Crippen LogP contribution in [-0.2, 0) is 11.3 Å². The van der Waals surface area contributed by atoms with Gasteiger partial charge in [-0.25, -0.2) is 4.79 Å². The van der Waals surface area contributed by atoms with Crippen LogP contribution in [0, 0.1) is 0 Å². The van der Waals surface area contributed by atoms with Gasteiger partial charge in [0.1, 0.15) is 0 Å². The Balaban J connectivity index is 2.56. The van der Waals surface area contributed by atoms with Crippen molar-refractivity contribution >= 4 is 11.9 Å². The number of aromatic carboxylic acids is 1. The number of benzene rings is 1. The molecular weight excluding hydrogens is 256 g/mol. The second kappa shape index (κ2) is 7.05. The summed E-state index contributed by atoms with van der Waals surface area (Å²) < 4.78 is 0. The Morgan fingerprint density at radius 3 is 2.15 bits per heavy atom. The Kier molecular flexibility index (Phi) is 5.70. The SMILES string of the molecule is CC(C)N(C)C(=O)CN(C)Cc1ccc(C(=O)O)cc1. The van der Waals surface area contributed by atoms with Gasteiger partial charge >= 0.3 is 5.97 Å². The lowest BCUT2D eigenvalue weighted by atomic mass is 10.1. The number of carbonyl (C=O) groups is 2. The van der Waals surface area contributed by atoms with Crippen molar-refractivity contribution in [3.05, 3.63) is 35.4 Å². The molecule has 1 aromatic rings. The first-order valence-corrected chi connectivity index (χ1v) is 6.57. The first-order valence-electron chi connectivity index (χ1n) is 6.57. The van der Waals surface area contributed by atoms with E-state index in [1.54, 1.807) is 36.2 Å². The largest absolute Gasteiger partial charge is 0.478 e. The zero-order valence-corrected chi connectivity index (χ0v) is 12.5. The number of likely N-dealkylation sites (N-methyl/N-ethyl adjacent to an activating group) is 2. The number of carboxylic acids is 1. The molecule has 0 saturated carbocycles. The van der Waals surface area contributed by atoms with E-state index in [4.69, 9.17) is 5.11 Å². The third-order valence-corrected chi connectivity index (χ3v) is 3.23. The number of hydrogen-bond acceptors (Lipinski definition) is 3. The predicted molar refractivity (Wildman–Crippen MR) is 77.6 cm³/mol. The quantitative estimate of drug-likeness (QED) is 0.860. The minimum absolute atomic E-state index is 0.0738. The molecule has 20 heavy (non-hydrogen) atoms. The molecule has 5 nitrogen and oxygen atoms in total. The Morgan fingerprint density at radius 2 is 1.70 bits per heavy atom. The molecule has 5 heteroatoms. The number of amides is 1. The molecule has 0 aliphatic rings. The van der Waals surface area contributed by atoms with E-state index in [-0.39, 0.29) is 17.5 Å². The highest BCUT2D eigenvalue weighted by atomic mass is 16.4. The van der Waals surface area contributed by atoms with Crippen LogP contribution < -0.4 is 0 Å². The maximum atomic E-state index is 11.9. The average molecular weight is 278 g/mol. The minimum Gasteiger partial charge on any atom is -0.478 e. The zero-order valence-electron chi connectivity index (χ0n) is 12.5. The normalized spacial score (nSPS) is 10.9. The van der Waals surface area contributed by atoms with E-state index in [0.717, 1.165) is 5.56 Å². The molecular formula is C15H22N2O3. The molecule has 1 amide bonds. The molecule has 0 heterocycles. The van der Waals surface area contributed by atoms with Gasteiger partial charge in [0.2, 0.25) is 5.91 Å². The van der Waals surface area contributed by atoms with Gasteiger partial charge < -0.3 is 10.0 Å². The van der Waals surface area contributed by atoms with Crippen LogP contribution in [-0.4, -0.2) is 53.5 Å². The van der Waals surface area contributed by atoms with Crippen LogP contribution in [0.3, 0.4) is 0 Å². The highest BCUT2D eigenvalue weighted by molar-refractivity contribution is 5.87. The van der Waals surface area contributed by atoms with Gasteiger partial charge in [0.05, 0.1) is 12.1 Å². The second-order valence-electron chi connectivity index (χ2n) is 5.27. The fourth-order valence-electron chi connectivity index (χ4n) is 1.75. The maximum absolute atomic E-state index is 11.9. The summed E-state index contributed by atoms with van der Waals surface area (Å²) in [5.41, 5.74) is 1.25. The number of rotatable bonds is 6. The van der Waals surface area contributed by atoms with E-state index in [2.05, 4.69) is 0 Å². The molecule has 1 rings (SSSR count). The van der Waals surface area contributed by atoms with Gasteiger partial charge in [-0.3, -0.25) is 9.69 Å². The van der Waals surface area contributed by atoms with Gasteiger partial charge in [-0.05, 0) is 38.6 Å². The second-order valence-corrected chi connectivity index (χ2v) is 5.27. The zero-order chi connectivity index (χ0) is 15.3. The topological polar surface area (TPSA) is 60.9 Å². The van der Waals surface area contributed by atoms with E-state index in [0.29, 0.717) is 13.1 Å². The van der Waals surface area contributed by atoms with E-state index >= 15 is 0 Å². The Hall–Kier alpha value is -1.88. The van der Waals surface area contributed by atoms with Crippen LogP contribution >= 0.6 is 0 Å². The van der Waals surface area contributed by atoms with Gasteiger partial charge in [0.25, 0.3) is 0 Å². The van der Waals surface area contributed by atoms with Crippen molar-refractivity contribution in [2.45, 2.75) is 26.4 Å². The van der Waals surface area contributed by atoms with Gasteiger partial charge in [-0.2, -0.15) is 0 Å². The molecule has 0 aromatic heterocycles. The highest BCUT2D eigenvalue weighted by Gasteiger charge is 2.14. The van der Waals surface area contributed by atoms with Crippen LogP contribution in [0.5, 0.6) is 0 Å². The summed E-state index contributed by atoms with van der Waals surface area (Å²) in [5.74, 6) is -0.858. The average Bonchev–Trinajstić information content (AvgIpc) is 2.37. The first kappa shape index (κ1) is 16.2. The summed E-state index contributed by atoms with van der Waals surface area (Å²) in [5, 5.41) is 8.83. The van der Waals surface area contributed by atoms with Crippen LogP contribution in [0.2, 0.25) is 0 Å². The number of nitrogens with zero attached hydrogens (tertiary/aromatic N) is 2. The minimum atomic E-state index is -0.932. The third kappa shape index (κ3) is 4.66. The Morgan fingerprint density at radius 1 is 1.15 bits per heavy atom. The summed E-state index contributed by atoms with van der Waals surface area (Å²) in [6, 6.07) is 6.89. The van der Waals surface area contributed by atoms with Crippen molar-refractivity contribution in [3.63, 3.8) is 0 Å². The van der Waals surface area contributed by atoms with Crippen molar-refractivity contribution in [2.24, 2.45) is 0 Å². The molecule has 0 bridgehead atoms. The summed E-state index contributed by atoms with van der Waals surface area (Å²) >= 11 is 0. The number of carbonyl (C=O) groups excluding carboxylic acids is 1. The Labute approximate surface area is 119 Å². The smallest absolute Gasteiger partial charge is 0.335 e. The van der Waals surface area contributed by atoms with Crippen LogP contribution in [0.25, 0.3) is 0 Å². The lowest BCUT2D eigenvalue weighted by Gasteiger charge is -2.24. The fourth-order valence-corrected chi connectivity index (χ4v) is 1.75. The van der Waals surface area contributed by atoms with Gasteiger partial charge in [0.15, 0.2) is 0 Å². The molecule has 0 saturated heterocycles. The maximum Gasteiger partial charge on any atom is 0.335 e. The first-order chi connectivity index (χ1) is 9.31. The van der Waals surface area contributed by atoms with Crippen LogP contribution in [0.1, 0.15) is 29.8 Å². The molecule has 1 aromatic carbocycles. The van der Waals surface area contributed by atoms with E-state index < -0.39 is 5.97 Å². The lowest BCUT2D eigenvalue weighted by Crippen LogP contribution is -2.39. The van der Waals surface area contributed by atoms with Crippen molar-refractivity contribution in [3.8, 4) is 0 Å². The molecule has 1 N–H and O–H groups in total. The summed E-state index contributed by atoms with van der Waals surface area (Å²) in [6.07, 6.45) is 0. The highest BCUT2D eigenvalue weighted by Crippen LogP contribution is 2.07. The van der Waals surface area contributed by atoms with Crippen LogP contribution in [0.4, 0.5) is 0 Å². The molecule has 0 atom stereocenters. The summed E-state index contributed by atoms with van der Waals surface area (Å²) in [6.45, 7) is 4.90. The third-order valence-electron chi connectivity index (χ3n) is 3.23. The number of hydrogen-bond donors (Lipinski definition) is 1. The predicted octanol–water partition coefficient (Wildman–Crippen LogP) is 1.68. The van der Waals surface area contributed by atoms with Crippen LogP contribution in [0.15, 0.2) is 24.3 Å². The van der Waals surface area contributed by atoms with Gasteiger partial charge in [0, 0.05) is 19.6 Å². The van der Waals surface area contributed by atoms with Gasteiger partial charge in [-0.15, -0.1) is 0 Å². The molecule has 0 spiro atoms. The molecule has 110 valence electrons. The van der Waals surface area contributed by atoms with Crippen molar-refractivity contribution in [1.29, 1.82) is 0 Å². The van der Waals surface area contributed by atoms with E-state index in [1.165, 1.54) is 0 Å². The summed E-state index contributed by atoms with van der Waals surface area (Å²) in [7, 11) is 3.67. The van der Waals surface area contributed by atoms with E-state index in [9.17, 15) is 9.59 Å². The van der Waals surface area contributed by atoms with Crippen molar-refractivity contribution < 1.29 is 14.7 Å². The fraction of sp³-hybridized carbons (Fsp3) is 0.467. The molecule has 0 aliphatic heterocycles. The summed E-state index contributed by atoms with van der Waals surface area (Å²) in [4.78, 5) is 26.3. The molecule has 0 radical (unpaired) electrons. The van der Waals surface area contributed by atoms with Crippen molar-refractivity contribution in [2.75, 3.05) is 20.6 Å².